The van der Waals surface area contributed by atoms with E-state index in [0.29, 0.717) is 19.1 Å². The number of anilines is 1. The van der Waals surface area contributed by atoms with Gasteiger partial charge in [-0.25, -0.2) is 0 Å². The Labute approximate surface area is 120 Å². The van der Waals surface area contributed by atoms with Gasteiger partial charge in [0.1, 0.15) is 12.1 Å². The van der Waals surface area contributed by atoms with Crippen LogP contribution in [0.1, 0.15) is 39.2 Å². The molecule has 2 rings (SSSR count). The predicted molar refractivity (Wildman–Crippen MR) is 80.5 cm³/mol. The highest BCUT2D eigenvalue weighted by Crippen LogP contribution is 2.31. The molecule has 4 nitrogen and oxygen atoms in total. The molecule has 0 heterocycles. The van der Waals surface area contributed by atoms with Crippen molar-refractivity contribution >= 4 is 11.7 Å². The summed E-state index contributed by atoms with van der Waals surface area (Å²) in [6, 6.07) is 8.56. The van der Waals surface area contributed by atoms with Gasteiger partial charge in [-0.15, -0.1) is 0 Å². The van der Waals surface area contributed by atoms with Gasteiger partial charge in [0, 0.05) is 18.3 Å². The van der Waals surface area contributed by atoms with Crippen molar-refractivity contribution in [1.29, 1.82) is 0 Å². The molecule has 2 N–H and O–H groups in total. The average molecular weight is 276 g/mol. The molecule has 1 aliphatic rings. The highest BCUT2D eigenvalue weighted by Gasteiger charge is 2.31. The first kappa shape index (κ1) is 14.9. The predicted octanol–water partition coefficient (Wildman–Crippen LogP) is 2.46. The quantitative estimate of drug-likeness (QED) is 0.839. The molecule has 1 fully saturated rings. The normalized spacial score (nSPS) is 15.0. The second-order valence-electron chi connectivity index (χ2n) is 6.32. The maximum absolute atomic E-state index is 12.0. The molecule has 1 aromatic rings. The third kappa shape index (κ3) is 4.23. The highest BCUT2D eigenvalue weighted by atomic mass is 16.6. The fraction of sp³-hybridized carbons (Fsp3) is 0.562. The molecule has 0 aliphatic heterocycles. The topological polar surface area (TPSA) is 55.6 Å². The summed E-state index contributed by atoms with van der Waals surface area (Å²) in [6.07, 6.45) is 2.28. The maximum Gasteiger partial charge on any atom is 0.326 e. The zero-order chi connectivity index (χ0) is 14.8. The summed E-state index contributed by atoms with van der Waals surface area (Å²) >= 11 is 0. The summed E-state index contributed by atoms with van der Waals surface area (Å²) < 4.78 is 5.41. The third-order valence-electron chi connectivity index (χ3n) is 3.21. The number of hydrogen-bond donors (Lipinski definition) is 1. The minimum absolute atomic E-state index is 0.174. The van der Waals surface area contributed by atoms with E-state index in [1.165, 1.54) is 0 Å². The van der Waals surface area contributed by atoms with Crippen LogP contribution < -0.4 is 10.6 Å². The van der Waals surface area contributed by atoms with Crippen molar-refractivity contribution in [1.82, 2.24) is 0 Å². The zero-order valence-electron chi connectivity index (χ0n) is 12.6. The van der Waals surface area contributed by atoms with Crippen molar-refractivity contribution in [2.75, 3.05) is 11.4 Å². The van der Waals surface area contributed by atoms with Crippen molar-refractivity contribution in [2.24, 2.45) is 5.73 Å². The van der Waals surface area contributed by atoms with E-state index in [4.69, 9.17) is 10.5 Å². The number of rotatable bonds is 5. The van der Waals surface area contributed by atoms with Crippen LogP contribution in [0.15, 0.2) is 24.3 Å². The van der Waals surface area contributed by atoms with Crippen molar-refractivity contribution in [3.63, 3.8) is 0 Å². The van der Waals surface area contributed by atoms with Gasteiger partial charge in [-0.05, 0) is 51.3 Å². The van der Waals surface area contributed by atoms with E-state index < -0.39 is 5.60 Å². The summed E-state index contributed by atoms with van der Waals surface area (Å²) in [5.74, 6) is -0.174. The molecule has 1 saturated carbocycles. The molecule has 1 aliphatic carbocycles. The Morgan fingerprint density at radius 2 is 1.90 bits per heavy atom. The van der Waals surface area contributed by atoms with Crippen molar-refractivity contribution in [3.8, 4) is 0 Å². The first-order chi connectivity index (χ1) is 9.39. The number of carbonyl (C=O) groups is 1. The van der Waals surface area contributed by atoms with Gasteiger partial charge in [-0.2, -0.15) is 0 Å². The van der Waals surface area contributed by atoms with Crippen molar-refractivity contribution in [2.45, 2.75) is 51.8 Å². The summed E-state index contributed by atoms with van der Waals surface area (Å²) in [7, 11) is 0. The van der Waals surface area contributed by atoms with Gasteiger partial charge in [0.2, 0.25) is 0 Å². The summed E-state index contributed by atoms with van der Waals surface area (Å²) in [5.41, 5.74) is 7.34. The molecule has 1 aromatic carbocycles. The molecule has 0 saturated heterocycles. The Balaban J connectivity index is 2.05. The molecule has 0 amide bonds. The second-order valence-corrected chi connectivity index (χ2v) is 6.32. The standard InChI is InChI=1S/C16H24N2O2/c1-16(2,3)20-15(19)11-18(14-8-9-14)13-6-4-12(10-17)5-7-13/h4-7,14H,8-11,17H2,1-3H3. The molecule has 0 radical (unpaired) electrons. The molecule has 0 aromatic heterocycles. The van der Waals surface area contributed by atoms with Gasteiger partial charge < -0.3 is 15.4 Å². The van der Waals surface area contributed by atoms with Crippen LogP contribution >= 0.6 is 0 Å². The molecule has 4 heteroatoms. The maximum atomic E-state index is 12.0. The van der Waals surface area contributed by atoms with Gasteiger partial charge >= 0.3 is 5.97 Å². The average Bonchev–Trinajstić information content (AvgIpc) is 3.18. The van der Waals surface area contributed by atoms with Crippen LogP contribution in [-0.2, 0) is 16.1 Å². The van der Waals surface area contributed by atoms with Crippen molar-refractivity contribution < 1.29 is 9.53 Å². The molecule has 0 unspecified atom stereocenters. The molecule has 0 bridgehead atoms. The monoisotopic (exact) mass is 276 g/mol. The van der Waals surface area contributed by atoms with Crippen LogP contribution in [0.3, 0.4) is 0 Å². The summed E-state index contributed by atoms with van der Waals surface area (Å²) in [5, 5.41) is 0. The Bertz CT molecular complexity index is 458. The summed E-state index contributed by atoms with van der Waals surface area (Å²) in [6.45, 7) is 6.52. The fourth-order valence-electron chi connectivity index (χ4n) is 2.15. The highest BCUT2D eigenvalue weighted by molar-refractivity contribution is 5.76. The smallest absolute Gasteiger partial charge is 0.326 e. The number of nitrogens with two attached hydrogens (primary N) is 1. The molecular formula is C16H24N2O2. The summed E-state index contributed by atoms with van der Waals surface area (Å²) in [4.78, 5) is 14.1. The molecule has 110 valence electrons. The lowest BCUT2D eigenvalue weighted by Gasteiger charge is -2.26. The first-order valence-electron chi connectivity index (χ1n) is 7.16. The van der Waals surface area contributed by atoms with Gasteiger partial charge in [0.25, 0.3) is 0 Å². The molecule has 0 atom stereocenters. The lowest BCUT2D eigenvalue weighted by atomic mass is 10.2. The van der Waals surface area contributed by atoms with Crippen LogP contribution in [0.2, 0.25) is 0 Å². The fourth-order valence-corrected chi connectivity index (χ4v) is 2.15. The van der Waals surface area contributed by atoms with Gasteiger partial charge in [-0.3, -0.25) is 4.79 Å². The van der Waals surface area contributed by atoms with E-state index >= 15 is 0 Å². The number of ether oxygens (including phenoxy) is 1. The van der Waals surface area contributed by atoms with Gasteiger partial charge in [0.05, 0.1) is 0 Å². The van der Waals surface area contributed by atoms with E-state index in [9.17, 15) is 4.79 Å². The van der Waals surface area contributed by atoms with E-state index in [1.54, 1.807) is 0 Å². The van der Waals surface area contributed by atoms with Crippen LogP contribution in [0.4, 0.5) is 5.69 Å². The van der Waals surface area contributed by atoms with Crippen LogP contribution in [0.25, 0.3) is 0 Å². The zero-order valence-corrected chi connectivity index (χ0v) is 12.6. The lowest BCUT2D eigenvalue weighted by Crippen LogP contribution is -2.36. The first-order valence-corrected chi connectivity index (χ1v) is 7.16. The van der Waals surface area contributed by atoms with Crippen LogP contribution in [-0.4, -0.2) is 24.2 Å². The Morgan fingerprint density at radius 3 is 2.35 bits per heavy atom. The number of nitrogens with zero attached hydrogens (tertiary/aromatic N) is 1. The second kappa shape index (κ2) is 5.83. The van der Waals surface area contributed by atoms with E-state index in [-0.39, 0.29) is 5.97 Å². The third-order valence-corrected chi connectivity index (χ3v) is 3.21. The number of esters is 1. The SMILES string of the molecule is CC(C)(C)OC(=O)CN(c1ccc(CN)cc1)C1CC1. The largest absolute Gasteiger partial charge is 0.459 e. The molecule has 20 heavy (non-hydrogen) atoms. The number of hydrogen-bond acceptors (Lipinski definition) is 4. The number of benzene rings is 1. The minimum atomic E-state index is -0.435. The van der Waals surface area contributed by atoms with E-state index in [1.807, 2.05) is 45.0 Å². The minimum Gasteiger partial charge on any atom is -0.459 e. The Morgan fingerprint density at radius 1 is 1.30 bits per heavy atom. The number of carbonyl (C=O) groups excluding carboxylic acids is 1. The Hall–Kier alpha value is -1.55. The Kier molecular flexibility index (Phi) is 4.33. The van der Waals surface area contributed by atoms with Crippen LogP contribution in [0, 0.1) is 0 Å². The van der Waals surface area contributed by atoms with E-state index in [2.05, 4.69) is 4.90 Å². The van der Waals surface area contributed by atoms with Gasteiger partial charge in [0.15, 0.2) is 0 Å². The molecular weight excluding hydrogens is 252 g/mol. The van der Waals surface area contributed by atoms with E-state index in [0.717, 1.165) is 24.1 Å². The molecule has 0 spiro atoms. The van der Waals surface area contributed by atoms with Crippen LogP contribution in [0.5, 0.6) is 0 Å². The van der Waals surface area contributed by atoms with Crippen molar-refractivity contribution in [3.05, 3.63) is 29.8 Å². The lowest BCUT2D eigenvalue weighted by molar-refractivity contribution is -0.153. The van der Waals surface area contributed by atoms with Gasteiger partial charge in [-0.1, -0.05) is 12.1 Å².